The van der Waals surface area contributed by atoms with Gasteiger partial charge in [-0.15, -0.1) is 0 Å². The first-order valence-electron chi connectivity index (χ1n) is 11.5. The zero-order chi connectivity index (χ0) is 25.4. The predicted octanol–water partition coefficient (Wildman–Crippen LogP) is 5.58. The number of nitrogens with one attached hydrogen (secondary N) is 1. The van der Waals surface area contributed by atoms with Crippen molar-refractivity contribution in [3.8, 4) is 17.0 Å². The number of piperidine rings is 1. The lowest BCUT2D eigenvalue weighted by Crippen LogP contribution is -2.43. The third kappa shape index (κ3) is 4.80. The van der Waals surface area contributed by atoms with E-state index in [0.29, 0.717) is 39.2 Å². The number of halogens is 2. The Hall–Kier alpha value is -3.46. The molecule has 1 saturated heterocycles. The van der Waals surface area contributed by atoms with E-state index in [2.05, 4.69) is 20.2 Å². The fraction of sp³-hybridized carbons (Fsp3) is 0.231. The van der Waals surface area contributed by atoms with E-state index in [1.54, 1.807) is 30.6 Å². The van der Waals surface area contributed by atoms with Crippen LogP contribution < -0.4 is 16.0 Å². The minimum atomic E-state index is -0.187. The van der Waals surface area contributed by atoms with E-state index in [-0.39, 0.29) is 27.6 Å². The number of pyridine rings is 3. The van der Waals surface area contributed by atoms with Crippen molar-refractivity contribution in [2.24, 2.45) is 5.73 Å². The molecule has 8 nitrogen and oxygen atoms in total. The van der Waals surface area contributed by atoms with Crippen LogP contribution in [-0.4, -0.2) is 45.0 Å². The molecule has 184 valence electrons. The lowest BCUT2D eigenvalue weighted by molar-refractivity contribution is 0.101. The number of ketones is 1. The predicted molar refractivity (Wildman–Crippen MR) is 144 cm³/mol. The second-order valence-corrected chi connectivity index (χ2v) is 9.65. The summed E-state index contributed by atoms with van der Waals surface area (Å²) < 4.78 is 0. The summed E-state index contributed by atoms with van der Waals surface area (Å²) in [6.45, 7) is 3.19. The Morgan fingerprint density at radius 1 is 1.14 bits per heavy atom. The summed E-state index contributed by atoms with van der Waals surface area (Å²) in [5.41, 5.74) is 10.0. The van der Waals surface area contributed by atoms with Gasteiger partial charge in [0.2, 0.25) is 0 Å². The lowest BCUT2D eigenvalue weighted by atomic mass is 10.1. The number of hydrogen-bond acceptors (Lipinski definition) is 8. The minimum Gasteiger partial charge on any atom is -0.505 e. The maximum atomic E-state index is 12.5. The van der Waals surface area contributed by atoms with Crippen LogP contribution >= 0.6 is 23.2 Å². The largest absolute Gasteiger partial charge is 0.505 e. The molecular formula is C26H24Cl2N6O2. The smallest absolute Gasteiger partial charge is 0.163 e. The third-order valence-corrected chi connectivity index (χ3v) is 6.78. The summed E-state index contributed by atoms with van der Waals surface area (Å²) in [5, 5.41) is 13.5. The number of nitrogens with two attached hydrogens (primary N) is 1. The van der Waals surface area contributed by atoms with E-state index in [1.165, 1.54) is 6.92 Å². The molecule has 0 bridgehead atoms. The average Bonchev–Trinajstić information content (AvgIpc) is 2.87. The van der Waals surface area contributed by atoms with Crippen LogP contribution in [0.1, 0.15) is 30.1 Å². The molecule has 1 aliphatic heterocycles. The molecule has 1 aliphatic rings. The van der Waals surface area contributed by atoms with Crippen molar-refractivity contribution in [1.82, 2.24) is 15.0 Å². The number of aromatic nitrogens is 3. The van der Waals surface area contributed by atoms with Gasteiger partial charge in [0.25, 0.3) is 0 Å². The Morgan fingerprint density at radius 3 is 2.58 bits per heavy atom. The highest BCUT2D eigenvalue weighted by molar-refractivity contribution is 6.37. The maximum absolute atomic E-state index is 12.5. The second kappa shape index (κ2) is 9.89. The van der Waals surface area contributed by atoms with E-state index in [0.717, 1.165) is 31.7 Å². The minimum absolute atomic E-state index is 0.120. The molecule has 0 radical (unpaired) electrons. The van der Waals surface area contributed by atoms with Gasteiger partial charge in [-0.25, -0.2) is 9.97 Å². The van der Waals surface area contributed by atoms with E-state index in [1.807, 2.05) is 18.2 Å². The van der Waals surface area contributed by atoms with Crippen LogP contribution in [0.2, 0.25) is 10.0 Å². The summed E-state index contributed by atoms with van der Waals surface area (Å²) in [4.78, 5) is 28.5. The lowest BCUT2D eigenvalue weighted by Gasteiger charge is -2.31. The first-order valence-corrected chi connectivity index (χ1v) is 12.3. The van der Waals surface area contributed by atoms with Gasteiger partial charge in [-0.1, -0.05) is 23.2 Å². The van der Waals surface area contributed by atoms with Gasteiger partial charge in [0.1, 0.15) is 11.3 Å². The van der Waals surface area contributed by atoms with Gasteiger partial charge >= 0.3 is 0 Å². The van der Waals surface area contributed by atoms with E-state index < -0.39 is 0 Å². The van der Waals surface area contributed by atoms with Crippen molar-refractivity contribution in [3.05, 3.63) is 64.4 Å². The summed E-state index contributed by atoms with van der Waals surface area (Å²) in [6, 6.07) is 10.8. The number of phenolic OH excluding ortho intramolecular Hbond substituents is 1. The molecule has 4 heterocycles. The normalized spacial score (nSPS) is 15.8. The van der Waals surface area contributed by atoms with Crippen LogP contribution in [-0.2, 0) is 0 Å². The zero-order valence-electron chi connectivity index (χ0n) is 19.5. The van der Waals surface area contributed by atoms with Crippen molar-refractivity contribution >= 4 is 57.2 Å². The van der Waals surface area contributed by atoms with Gasteiger partial charge in [-0.05, 0) is 56.2 Å². The molecule has 5 rings (SSSR count). The van der Waals surface area contributed by atoms with Gasteiger partial charge in [0.05, 0.1) is 44.4 Å². The number of rotatable bonds is 5. The van der Waals surface area contributed by atoms with Gasteiger partial charge in [-0.2, -0.15) is 0 Å². The molecule has 0 aliphatic carbocycles. The standard InChI is InChI=1S/C26H24Cl2N6O2/c1-14(35)18-12-30-22-6-5-21(15-9-19(27)26(36)20(28)10-15)33-25(22)24(18)32-17-4-7-23(31-11-17)34-8-2-3-16(29)13-34/h4-7,9-12,16,36H,2-3,8,13,29H2,1H3,(H,30,32)/t16-/m1/s1. The van der Waals surface area contributed by atoms with Crippen LogP contribution in [0.3, 0.4) is 0 Å². The quantitative estimate of drug-likeness (QED) is 0.291. The molecule has 1 atom stereocenters. The molecular weight excluding hydrogens is 499 g/mol. The number of carbonyl (C=O) groups is 1. The van der Waals surface area contributed by atoms with Crippen molar-refractivity contribution in [2.45, 2.75) is 25.8 Å². The van der Waals surface area contributed by atoms with E-state index in [9.17, 15) is 9.90 Å². The molecule has 36 heavy (non-hydrogen) atoms. The number of nitrogens with zero attached hydrogens (tertiary/aromatic N) is 4. The number of anilines is 3. The molecule has 0 amide bonds. The topological polar surface area (TPSA) is 117 Å². The van der Waals surface area contributed by atoms with E-state index >= 15 is 0 Å². The Morgan fingerprint density at radius 2 is 1.92 bits per heavy atom. The highest BCUT2D eigenvalue weighted by Crippen LogP contribution is 2.37. The first-order chi connectivity index (χ1) is 17.3. The molecule has 0 saturated carbocycles. The number of aromatic hydroxyl groups is 1. The monoisotopic (exact) mass is 522 g/mol. The van der Waals surface area contributed by atoms with Gasteiger partial charge in [-0.3, -0.25) is 9.78 Å². The highest BCUT2D eigenvalue weighted by atomic mass is 35.5. The summed E-state index contributed by atoms with van der Waals surface area (Å²) in [5.74, 6) is 0.526. The van der Waals surface area contributed by atoms with Crippen molar-refractivity contribution in [2.75, 3.05) is 23.3 Å². The SMILES string of the molecule is CC(=O)c1cnc2ccc(-c3cc(Cl)c(O)c(Cl)c3)nc2c1Nc1ccc(N2CCC[C@@H](N)C2)nc1. The summed E-state index contributed by atoms with van der Waals surface area (Å²) >= 11 is 12.2. The molecule has 3 aromatic heterocycles. The Bertz CT molecular complexity index is 1440. The average molecular weight is 523 g/mol. The van der Waals surface area contributed by atoms with E-state index in [4.69, 9.17) is 33.9 Å². The van der Waals surface area contributed by atoms with Crippen molar-refractivity contribution < 1.29 is 9.90 Å². The Labute approximate surface area is 218 Å². The Balaban J connectivity index is 1.54. The number of fused-ring (bicyclic) bond motifs is 1. The molecule has 1 aromatic carbocycles. The Kier molecular flexibility index (Phi) is 6.66. The molecule has 4 N–H and O–H groups in total. The van der Waals surface area contributed by atoms with Gasteiger partial charge in [0.15, 0.2) is 11.5 Å². The second-order valence-electron chi connectivity index (χ2n) is 8.83. The van der Waals surface area contributed by atoms with Crippen LogP contribution in [0.5, 0.6) is 5.75 Å². The number of hydrogen-bond donors (Lipinski definition) is 3. The van der Waals surface area contributed by atoms with Gasteiger partial charge in [0, 0.05) is 30.9 Å². The van der Waals surface area contributed by atoms with Crippen molar-refractivity contribution in [3.63, 3.8) is 0 Å². The van der Waals surface area contributed by atoms with Crippen LogP contribution in [0.25, 0.3) is 22.3 Å². The fourth-order valence-corrected chi connectivity index (χ4v) is 4.83. The fourth-order valence-electron chi connectivity index (χ4n) is 4.34. The molecule has 0 unspecified atom stereocenters. The molecule has 4 aromatic rings. The third-order valence-electron chi connectivity index (χ3n) is 6.20. The molecule has 0 spiro atoms. The summed E-state index contributed by atoms with van der Waals surface area (Å²) in [7, 11) is 0. The van der Waals surface area contributed by atoms with Crippen molar-refractivity contribution in [1.29, 1.82) is 0 Å². The molecule has 1 fully saturated rings. The maximum Gasteiger partial charge on any atom is 0.163 e. The summed E-state index contributed by atoms with van der Waals surface area (Å²) in [6.07, 6.45) is 5.34. The van der Waals surface area contributed by atoms with Crippen LogP contribution in [0.15, 0.2) is 48.8 Å². The zero-order valence-corrected chi connectivity index (χ0v) is 21.0. The highest BCUT2D eigenvalue weighted by Gasteiger charge is 2.19. The number of phenols is 1. The number of benzene rings is 1. The van der Waals surface area contributed by atoms with Crippen LogP contribution in [0, 0.1) is 0 Å². The first kappa shape index (κ1) is 24.2. The van der Waals surface area contributed by atoms with Gasteiger partial charge < -0.3 is 21.1 Å². The molecule has 10 heteroatoms. The number of Topliss-reactive ketones (excluding diaryl/α,β-unsaturated/α-hetero) is 1. The number of carbonyl (C=O) groups excluding carboxylic acids is 1. The van der Waals surface area contributed by atoms with Crippen LogP contribution in [0.4, 0.5) is 17.2 Å².